The van der Waals surface area contributed by atoms with E-state index < -0.39 is 0 Å². The smallest absolute Gasteiger partial charge is 0.148 e. The van der Waals surface area contributed by atoms with Crippen molar-refractivity contribution in [1.29, 1.82) is 0 Å². The van der Waals surface area contributed by atoms with Crippen LogP contribution in [0.3, 0.4) is 0 Å². The van der Waals surface area contributed by atoms with Crippen molar-refractivity contribution in [1.82, 2.24) is 9.36 Å². The Morgan fingerprint density at radius 1 is 1.43 bits per heavy atom. The van der Waals surface area contributed by atoms with E-state index >= 15 is 0 Å². The number of nitrogens with two attached hydrogens (primary N) is 1. The summed E-state index contributed by atoms with van der Waals surface area (Å²) in [6.45, 7) is 5.76. The second-order valence-corrected chi connectivity index (χ2v) is 7.38. The molecule has 7 heteroatoms. The molecule has 21 heavy (non-hydrogen) atoms. The molecule has 0 aromatic carbocycles. The number of nitrogens with zero attached hydrogens (tertiary/aromatic N) is 3. The Hall–Kier alpha value is -1.18. The normalized spacial score (nSPS) is 18.1. The molecule has 3 N–H and O–H groups in total. The maximum atomic E-state index is 9.72. The van der Waals surface area contributed by atoms with Crippen LogP contribution >= 0.6 is 22.9 Å². The highest BCUT2D eigenvalue weighted by molar-refractivity contribution is 7.11. The van der Waals surface area contributed by atoms with E-state index in [1.54, 1.807) is 11.3 Å². The van der Waals surface area contributed by atoms with Gasteiger partial charge < -0.3 is 15.7 Å². The second-order valence-electron chi connectivity index (χ2n) is 5.56. The molecule has 0 amide bonds. The van der Waals surface area contributed by atoms with Gasteiger partial charge in [-0.25, -0.2) is 4.98 Å². The molecule has 1 aliphatic rings. The Morgan fingerprint density at radius 3 is 2.71 bits per heavy atom. The standard InChI is InChI=1S/C14H20N4OS2/c1-8(19)10-3-5-18(6-4-10)14-12(13(15)17-21-14)11-7-20-9(2)16-11/h7-8,10,19H,3-6H2,1-2H3,(H2,15,17). The minimum absolute atomic E-state index is 0.223. The lowest BCUT2D eigenvalue weighted by atomic mass is 9.92. The molecular weight excluding hydrogens is 304 g/mol. The topological polar surface area (TPSA) is 75.3 Å². The lowest BCUT2D eigenvalue weighted by Crippen LogP contribution is -2.36. The Balaban J connectivity index is 1.84. The van der Waals surface area contributed by atoms with E-state index in [4.69, 9.17) is 5.73 Å². The van der Waals surface area contributed by atoms with Crippen LogP contribution in [-0.4, -0.2) is 33.7 Å². The molecule has 0 aliphatic carbocycles. The van der Waals surface area contributed by atoms with Gasteiger partial charge in [-0.3, -0.25) is 0 Å². The predicted octanol–water partition coefficient (Wildman–Crippen LogP) is 2.75. The monoisotopic (exact) mass is 324 g/mol. The van der Waals surface area contributed by atoms with Crippen molar-refractivity contribution >= 4 is 33.7 Å². The summed E-state index contributed by atoms with van der Waals surface area (Å²) in [7, 11) is 0. The maximum Gasteiger partial charge on any atom is 0.148 e. The van der Waals surface area contributed by atoms with Crippen LogP contribution in [0, 0.1) is 12.8 Å². The first-order valence-electron chi connectivity index (χ1n) is 7.17. The van der Waals surface area contributed by atoms with Crippen LogP contribution in [-0.2, 0) is 0 Å². The van der Waals surface area contributed by atoms with Crippen molar-refractivity contribution in [3.05, 3.63) is 10.4 Å². The summed E-state index contributed by atoms with van der Waals surface area (Å²) in [5, 5.41) is 13.9. The summed E-state index contributed by atoms with van der Waals surface area (Å²) in [5.41, 5.74) is 7.96. The van der Waals surface area contributed by atoms with Gasteiger partial charge in [-0.05, 0) is 44.1 Å². The third-order valence-corrected chi connectivity index (χ3v) is 5.78. The Kier molecular flexibility index (Phi) is 4.14. The second kappa shape index (κ2) is 5.90. The fourth-order valence-electron chi connectivity index (χ4n) is 2.81. The maximum absolute atomic E-state index is 9.72. The largest absolute Gasteiger partial charge is 0.393 e. The quantitative estimate of drug-likeness (QED) is 0.908. The first kappa shape index (κ1) is 14.7. The van der Waals surface area contributed by atoms with Crippen LogP contribution in [0.5, 0.6) is 0 Å². The summed E-state index contributed by atoms with van der Waals surface area (Å²) < 4.78 is 4.32. The van der Waals surface area contributed by atoms with Crippen LogP contribution in [0.2, 0.25) is 0 Å². The minimum Gasteiger partial charge on any atom is -0.393 e. The molecule has 2 aromatic rings. The van der Waals surface area contributed by atoms with E-state index in [0.29, 0.717) is 11.7 Å². The first-order chi connectivity index (χ1) is 10.1. The van der Waals surface area contributed by atoms with E-state index in [-0.39, 0.29) is 6.10 Å². The Morgan fingerprint density at radius 2 is 2.14 bits per heavy atom. The summed E-state index contributed by atoms with van der Waals surface area (Å²) >= 11 is 3.08. The van der Waals surface area contributed by atoms with Gasteiger partial charge in [-0.1, -0.05) is 0 Å². The summed E-state index contributed by atoms with van der Waals surface area (Å²) in [5.74, 6) is 0.967. The van der Waals surface area contributed by atoms with Crippen LogP contribution in [0.25, 0.3) is 11.3 Å². The predicted molar refractivity (Wildman–Crippen MR) is 89.0 cm³/mol. The number of nitrogen functional groups attached to an aromatic ring is 1. The van der Waals surface area contributed by atoms with Crippen molar-refractivity contribution in [2.45, 2.75) is 32.8 Å². The Bertz CT molecular complexity index is 614. The molecule has 3 rings (SSSR count). The molecule has 1 atom stereocenters. The molecule has 1 fully saturated rings. The van der Waals surface area contributed by atoms with E-state index in [2.05, 4.69) is 14.3 Å². The average Bonchev–Trinajstić information content (AvgIpc) is 3.04. The molecule has 114 valence electrons. The van der Waals surface area contributed by atoms with Gasteiger partial charge in [0, 0.05) is 18.5 Å². The highest BCUT2D eigenvalue weighted by Crippen LogP contribution is 2.41. The number of aliphatic hydroxyl groups is 1. The molecule has 1 saturated heterocycles. The summed E-state index contributed by atoms with van der Waals surface area (Å²) in [4.78, 5) is 6.88. The number of hydrogen-bond acceptors (Lipinski definition) is 7. The van der Waals surface area contributed by atoms with Gasteiger partial charge in [0.25, 0.3) is 0 Å². The van der Waals surface area contributed by atoms with Gasteiger partial charge in [-0.2, -0.15) is 4.37 Å². The lowest BCUT2D eigenvalue weighted by molar-refractivity contribution is 0.110. The fourth-order valence-corrected chi connectivity index (χ4v) is 4.29. The van der Waals surface area contributed by atoms with Crippen molar-refractivity contribution in [3.63, 3.8) is 0 Å². The molecule has 0 saturated carbocycles. The SMILES string of the molecule is Cc1nc(-c2c(N)nsc2N2CCC(C(C)O)CC2)cs1. The third kappa shape index (κ3) is 2.90. The molecule has 2 aromatic heterocycles. The zero-order valence-corrected chi connectivity index (χ0v) is 13.9. The Labute approximate surface area is 132 Å². The van der Waals surface area contributed by atoms with Crippen molar-refractivity contribution in [2.75, 3.05) is 23.7 Å². The number of hydrogen-bond donors (Lipinski definition) is 2. The number of piperidine rings is 1. The van der Waals surface area contributed by atoms with Gasteiger partial charge in [-0.15, -0.1) is 11.3 Å². The zero-order chi connectivity index (χ0) is 15.0. The van der Waals surface area contributed by atoms with E-state index in [9.17, 15) is 5.11 Å². The number of rotatable bonds is 3. The van der Waals surface area contributed by atoms with Gasteiger partial charge >= 0.3 is 0 Å². The highest BCUT2D eigenvalue weighted by Gasteiger charge is 2.27. The van der Waals surface area contributed by atoms with Crippen LogP contribution in [0.4, 0.5) is 10.8 Å². The lowest BCUT2D eigenvalue weighted by Gasteiger charge is -2.34. The summed E-state index contributed by atoms with van der Waals surface area (Å²) in [6.07, 6.45) is 1.79. The van der Waals surface area contributed by atoms with Crippen LogP contribution in [0.1, 0.15) is 24.8 Å². The van der Waals surface area contributed by atoms with Crippen LogP contribution in [0.15, 0.2) is 5.38 Å². The third-order valence-electron chi connectivity index (χ3n) is 4.08. The molecule has 0 bridgehead atoms. The molecular formula is C14H20N4OS2. The average molecular weight is 324 g/mol. The zero-order valence-electron chi connectivity index (χ0n) is 12.2. The number of aliphatic hydroxyl groups excluding tert-OH is 1. The highest BCUT2D eigenvalue weighted by atomic mass is 32.1. The van der Waals surface area contributed by atoms with E-state index in [0.717, 1.165) is 47.2 Å². The molecule has 3 heterocycles. The first-order valence-corrected chi connectivity index (χ1v) is 8.82. The van der Waals surface area contributed by atoms with Crippen molar-refractivity contribution in [3.8, 4) is 11.3 Å². The number of aryl methyl sites for hydroxylation is 1. The van der Waals surface area contributed by atoms with Crippen LogP contribution < -0.4 is 10.6 Å². The van der Waals surface area contributed by atoms with Gasteiger partial charge in [0.05, 0.1) is 22.4 Å². The van der Waals surface area contributed by atoms with Gasteiger partial charge in [0.15, 0.2) is 0 Å². The fraction of sp³-hybridized carbons (Fsp3) is 0.571. The number of thiazole rings is 1. The number of aromatic nitrogens is 2. The van der Waals surface area contributed by atoms with E-state index in [1.165, 1.54) is 11.5 Å². The van der Waals surface area contributed by atoms with Crippen molar-refractivity contribution in [2.24, 2.45) is 5.92 Å². The van der Waals surface area contributed by atoms with Gasteiger partial charge in [0.2, 0.25) is 0 Å². The number of anilines is 2. The van der Waals surface area contributed by atoms with Crippen molar-refractivity contribution < 1.29 is 5.11 Å². The molecule has 1 unspecified atom stereocenters. The molecule has 5 nitrogen and oxygen atoms in total. The molecule has 0 radical (unpaired) electrons. The van der Waals surface area contributed by atoms with Gasteiger partial charge in [0.1, 0.15) is 10.8 Å². The summed E-state index contributed by atoms with van der Waals surface area (Å²) in [6, 6.07) is 0. The molecule has 0 spiro atoms. The molecule has 1 aliphatic heterocycles. The van der Waals surface area contributed by atoms with E-state index in [1.807, 2.05) is 19.2 Å². The minimum atomic E-state index is -0.223.